The molecule has 1 amide bonds. The van der Waals surface area contributed by atoms with Gasteiger partial charge in [-0.1, -0.05) is 18.2 Å². The van der Waals surface area contributed by atoms with Crippen molar-refractivity contribution in [2.24, 2.45) is 0 Å². The third-order valence-electron chi connectivity index (χ3n) is 7.67. The first-order valence-electron chi connectivity index (χ1n) is 14.7. The van der Waals surface area contributed by atoms with Crippen LogP contribution in [-0.4, -0.2) is 56.0 Å². The Morgan fingerprint density at radius 2 is 1.82 bits per heavy atom. The Morgan fingerprint density at radius 1 is 1.09 bits per heavy atom. The number of hydrogen-bond donors (Lipinski definition) is 2. The van der Waals surface area contributed by atoms with Gasteiger partial charge in [0, 0.05) is 18.6 Å². The van der Waals surface area contributed by atoms with E-state index in [9.17, 15) is 23.9 Å². The van der Waals surface area contributed by atoms with Gasteiger partial charge in [0.25, 0.3) is 5.56 Å². The highest BCUT2D eigenvalue weighted by atomic mass is 19.1. The Balaban J connectivity index is 1.55. The maximum Gasteiger partial charge on any atom is 0.407 e. The van der Waals surface area contributed by atoms with Crippen molar-refractivity contribution in [3.05, 3.63) is 86.9 Å². The molecule has 2 heterocycles. The van der Waals surface area contributed by atoms with Crippen LogP contribution in [0.4, 0.5) is 9.18 Å². The Bertz CT molecular complexity index is 1820. The SMILES string of the molecule is CN(C)Cc1cc(O)ccc1-c1cccc(-n2c(=O)n([C@H]3CC[C@@H](NC(=O)OC(C)(C)C)CC3)c(=O)c3cc(F)cnc32)c1. The van der Waals surface area contributed by atoms with Crippen molar-refractivity contribution >= 4 is 17.1 Å². The summed E-state index contributed by atoms with van der Waals surface area (Å²) in [5, 5.41) is 13.0. The fourth-order valence-electron chi connectivity index (χ4n) is 5.84. The summed E-state index contributed by atoms with van der Waals surface area (Å²) in [6, 6.07) is 13.0. The van der Waals surface area contributed by atoms with E-state index in [2.05, 4.69) is 10.3 Å². The average Bonchev–Trinajstić information content (AvgIpc) is 2.93. The van der Waals surface area contributed by atoms with Gasteiger partial charge in [-0.2, -0.15) is 0 Å². The Hall–Kier alpha value is -4.51. The number of amides is 1. The molecule has 232 valence electrons. The van der Waals surface area contributed by atoms with E-state index in [1.54, 1.807) is 39.0 Å². The Kier molecular flexibility index (Phi) is 8.60. The monoisotopic (exact) mass is 603 g/mol. The molecule has 5 rings (SSSR count). The molecule has 2 N–H and O–H groups in total. The molecular formula is C33H38FN5O5. The highest BCUT2D eigenvalue weighted by Crippen LogP contribution is 2.31. The largest absolute Gasteiger partial charge is 0.508 e. The van der Waals surface area contributed by atoms with Crippen LogP contribution in [0.2, 0.25) is 0 Å². The molecule has 10 nitrogen and oxygen atoms in total. The number of aromatic hydroxyl groups is 1. The lowest BCUT2D eigenvalue weighted by atomic mass is 9.91. The summed E-state index contributed by atoms with van der Waals surface area (Å²) < 4.78 is 22.3. The van der Waals surface area contributed by atoms with Gasteiger partial charge in [-0.3, -0.25) is 9.36 Å². The number of nitrogens with one attached hydrogen (secondary N) is 1. The van der Waals surface area contributed by atoms with Gasteiger partial charge in [-0.25, -0.2) is 23.5 Å². The van der Waals surface area contributed by atoms with E-state index < -0.39 is 34.8 Å². The van der Waals surface area contributed by atoms with Crippen molar-refractivity contribution in [2.75, 3.05) is 14.1 Å². The van der Waals surface area contributed by atoms with E-state index >= 15 is 0 Å². The number of alkyl carbamates (subject to hydrolysis) is 1. The van der Waals surface area contributed by atoms with Gasteiger partial charge < -0.3 is 20.1 Å². The van der Waals surface area contributed by atoms with Crippen molar-refractivity contribution in [1.82, 2.24) is 24.3 Å². The third-order valence-corrected chi connectivity index (χ3v) is 7.67. The second-order valence-electron chi connectivity index (χ2n) is 12.6. The molecule has 0 saturated heterocycles. The fourth-order valence-corrected chi connectivity index (χ4v) is 5.84. The normalized spacial score (nSPS) is 17.2. The minimum Gasteiger partial charge on any atom is -0.508 e. The van der Waals surface area contributed by atoms with E-state index in [0.29, 0.717) is 37.9 Å². The molecule has 0 atom stereocenters. The second kappa shape index (κ2) is 12.2. The van der Waals surface area contributed by atoms with Crippen LogP contribution in [0.5, 0.6) is 5.75 Å². The molecule has 1 aliphatic carbocycles. The van der Waals surface area contributed by atoms with E-state index in [4.69, 9.17) is 4.74 Å². The van der Waals surface area contributed by atoms with Crippen molar-refractivity contribution in [1.29, 1.82) is 0 Å². The Morgan fingerprint density at radius 3 is 2.50 bits per heavy atom. The summed E-state index contributed by atoms with van der Waals surface area (Å²) in [6.45, 7) is 5.96. The van der Waals surface area contributed by atoms with E-state index in [1.807, 2.05) is 43.3 Å². The first kappa shape index (κ1) is 30.9. The molecule has 0 radical (unpaired) electrons. The summed E-state index contributed by atoms with van der Waals surface area (Å²) in [6.07, 6.45) is 2.50. The first-order chi connectivity index (χ1) is 20.8. The quantitative estimate of drug-likeness (QED) is 0.314. The number of halogens is 1. The molecule has 2 aromatic carbocycles. The Labute approximate surface area is 254 Å². The number of carbonyl (C=O) groups is 1. The van der Waals surface area contributed by atoms with Crippen LogP contribution in [0.1, 0.15) is 58.1 Å². The summed E-state index contributed by atoms with van der Waals surface area (Å²) >= 11 is 0. The van der Waals surface area contributed by atoms with E-state index in [-0.39, 0.29) is 22.8 Å². The number of aromatic nitrogens is 3. The van der Waals surface area contributed by atoms with Gasteiger partial charge in [0.1, 0.15) is 17.2 Å². The lowest BCUT2D eigenvalue weighted by Crippen LogP contribution is -2.45. The number of pyridine rings is 1. The highest BCUT2D eigenvalue weighted by molar-refractivity contribution is 5.77. The predicted molar refractivity (Wildman–Crippen MR) is 167 cm³/mol. The average molecular weight is 604 g/mol. The predicted octanol–water partition coefficient (Wildman–Crippen LogP) is 5.13. The zero-order chi connectivity index (χ0) is 31.8. The second-order valence-corrected chi connectivity index (χ2v) is 12.6. The van der Waals surface area contributed by atoms with Crippen LogP contribution < -0.4 is 16.6 Å². The minimum absolute atomic E-state index is 0.00179. The number of carbonyl (C=O) groups excluding carboxylic acids is 1. The van der Waals surface area contributed by atoms with Gasteiger partial charge >= 0.3 is 11.8 Å². The van der Waals surface area contributed by atoms with E-state index in [1.165, 1.54) is 9.13 Å². The minimum atomic E-state index is -0.678. The van der Waals surface area contributed by atoms with Gasteiger partial charge in [-0.05, 0) is 108 Å². The number of fused-ring (bicyclic) bond motifs is 1. The zero-order valence-electron chi connectivity index (χ0n) is 25.6. The first-order valence-corrected chi connectivity index (χ1v) is 14.7. The van der Waals surface area contributed by atoms with Gasteiger partial charge in [-0.15, -0.1) is 0 Å². The summed E-state index contributed by atoms with van der Waals surface area (Å²) in [5.41, 5.74) is 1.31. The maximum atomic E-state index is 14.4. The molecule has 1 aliphatic rings. The van der Waals surface area contributed by atoms with E-state index in [0.717, 1.165) is 29.0 Å². The van der Waals surface area contributed by atoms with Gasteiger partial charge in [0.15, 0.2) is 5.65 Å². The topological polar surface area (TPSA) is 119 Å². The number of phenols is 1. The molecule has 0 bridgehead atoms. The molecule has 0 unspecified atom stereocenters. The summed E-state index contributed by atoms with van der Waals surface area (Å²) in [7, 11) is 3.87. The van der Waals surface area contributed by atoms with Crippen LogP contribution >= 0.6 is 0 Å². The lowest BCUT2D eigenvalue weighted by molar-refractivity contribution is 0.0487. The highest BCUT2D eigenvalue weighted by Gasteiger charge is 2.29. The molecule has 44 heavy (non-hydrogen) atoms. The zero-order valence-corrected chi connectivity index (χ0v) is 25.6. The smallest absolute Gasteiger partial charge is 0.407 e. The molecule has 2 aromatic heterocycles. The third kappa shape index (κ3) is 6.67. The molecule has 0 spiro atoms. The number of ether oxygens (including phenoxy) is 1. The molecule has 1 fully saturated rings. The number of hydrogen-bond acceptors (Lipinski definition) is 7. The van der Waals surface area contributed by atoms with Gasteiger partial charge in [0.05, 0.1) is 17.3 Å². The molecule has 1 saturated carbocycles. The van der Waals surface area contributed by atoms with Crippen molar-refractivity contribution in [3.63, 3.8) is 0 Å². The van der Waals surface area contributed by atoms with Crippen LogP contribution in [0.15, 0.2) is 64.3 Å². The maximum absolute atomic E-state index is 14.4. The fraction of sp³-hybridized carbons (Fsp3) is 0.394. The van der Waals surface area contributed by atoms with Crippen LogP contribution in [0, 0.1) is 5.82 Å². The molecule has 0 aliphatic heterocycles. The lowest BCUT2D eigenvalue weighted by Gasteiger charge is -2.31. The van der Waals surface area contributed by atoms with Crippen molar-refractivity contribution in [3.8, 4) is 22.6 Å². The van der Waals surface area contributed by atoms with Crippen molar-refractivity contribution < 1.29 is 19.0 Å². The standard InChI is InChI=1S/C33H38FN5O5/c1-33(2,3)44-31(42)36-23-9-11-24(12-10-23)39-30(41)28-17-22(34)18-35-29(28)38(32(39)43)25-8-6-7-20(15-25)27-14-13-26(40)16-21(27)19-37(4)5/h6-8,13-18,23-24,40H,9-12,19H2,1-5H3,(H,36,42)/t23-,24+. The van der Waals surface area contributed by atoms with Crippen molar-refractivity contribution in [2.45, 2.75) is 70.7 Å². The van der Waals surface area contributed by atoms with Crippen LogP contribution in [0.25, 0.3) is 27.8 Å². The number of nitrogens with zero attached hydrogens (tertiary/aromatic N) is 4. The molecule has 4 aromatic rings. The molecular weight excluding hydrogens is 565 g/mol. The summed E-state index contributed by atoms with van der Waals surface area (Å²) in [4.78, 5) is 46.3. The molecule has 11 heteroatoms. The van der Waals surface area contributed by atoms with Gasteiger partial charge in [0.2, 0.25) is 0 Å². The number of phenolic OH excluding ortho intramolecular Hbond substituents is 1. The van der Waals surface area contributed by atoms with Crippen LogP contribution in [0.3, 0.4) is 0 Å². The van der Waals surface area contributed by atoms with Crippen LogP contribution in [-0.2, 0) is 11.3 Å². The number of benzene rings is 2. The summed E-state index contributed by atoms with van der Waals surface area (Å²) in [5.74, 6) is -0.527. The number of rotatable bonds is 6.